The van der Waals surface area contributed by atoms with Gasteiger partial charge < -0.3 is 19.5 Å². The molecule has 7 heteroatoms. The Kier molecular flexibility index (Phi) is 6.95. The second-order valence-corrected chi connectivity index (χ2v) is 7.72. The van der Waals surface area contributed by atoms with Crippen LogP contribution >= 0.6 is 0 Å². The van der Waals surface area contributed by atoms with Crippen LogP contribution in [0.1, 0.15) is 43.0 Å². The zero-order valence-corrected chi connectivity index (χ0v) is 18.0. The molecule has 1 amide bonds. The van der Waals surface area contributed by atoms with Crippen molar-refractivity contribution in [3.63, 3.8) is 0 Å². The fraction of sp³-hybridized carbons (Fsp3) is 0.478. The molecule has 0 unspecified atom stereocenters. The van der Waals surface area contributed by atoms with E-state index in [9.17, 15) is 14.7 Å². The number of hydrogen-bond donors (Lipinski definition) is 1. The van der Waals surface area contributed by atoms with Gasteiger partial charge in [0.1, 0.15) is 0 Å². The lowest BCUT2D eigenvalue weighted by molar-refractivity contribution is -0.169. The maximum atomic E-state index is 12.7. The van der Waals surface area contributed by atoms with E-state index in [2.05, 4.69) is 0 Å². The summed E-state index contributed by atoms with van der Waals surface area (Å²) in [6.07, 6.45) is 4.32. The lowest BCUT2D eigenvalue weighted by atomic mass is 9.80. The number of carbonyl (C=O) groups is 2. The van der Waals surface area contributed by atoms with E-state index in [4.69, 9.17) is 9.47 Å². The van der Waals surface area contributed by atoms with E-state index in [1.54, 1.807) is 18.7 Å². The third kappa shape index (κ3) is 4.27. The molecular weight excluding hydrogens is 384 g/mol. The van der Waals surface area contributed by atoms with Gasteiger partial charge in [0.15, 0.2) is 5.76 Å². The van der Waals surface area contributed by atoms with Gasteiger partial charge in [-0.25, -0.2) is 0 Å². The van der Waals surface area contributed by atoms with Gasteiger partial charge in [-0.1, -0.05) is 18.2 Å². The number of amides is 1. The summed E-state index contributed by atoms with van der Waals surface area (Å²) >= 11 is 0. The van der Waals surface area contributed by atoms with Gasteiger partial charge in [0.25, 0.3) is 5.91 Å². The average Bonchev–Trinajstić information content (AvgIpc) is 3.12. The van der Waals surface area contributed by atoms with Crippen LogP contribution in [0.5, 0.6) is 0 Å². The Morgan fingerprint density at radius 3 is 2.63 bits per heavy atom. The second kappa shape index (κ2) is 9.45. The molecule has 0 spiro atoms. The van der Waals surface area contributed by atoms with Crippen molar-refractivity contribution in [3.8, 4) is 0 Å². The summed E-state index contributed by atoms with van der Waals surface area (Å²) in [5, 5.41) is 10.4. The molecule has 0 aliphatic carbocycles. The molecule has 1 aromatic heterocycles. The van der Waals surface area contributed by atoms with Crippen molar-refractivity contribution in [2.45, 2.75) is 38.9 Å². The Balaban J connectivity index is 2.18. The molecule has 1 aliphatic rings. The zero-order valence-electron chi connectivity index (χ0n) is 18.0. The number of likely N-dealkylation sites (N-methyl/N-ethyl adjacent to an activating group) is 1. The third-order valence-corrected chi connectivity index (χ3v) is 5.47. The number of aliphatic hydroxyl groups is 1. The minimum Gasteiger partial charge on any atom is -0.459 e. The van der Waals surface area contributed by atoms with Crippen LogP contribution in [0.3, 0.4) is 0 Å². The minimum atomic E-state index is -0.616. The lowest BCUT2D eigenvalue weighted by Crippen LogP contribution is -2.38. The number of rotatable bonds is 7. The summed E-state index contributed by atoms with van der Waals surface area (Å²) in [6, 6.07) is 7.74. The number of aromatic nitrogens is 1. The number of ether oxygens (including phenoxy) is 2. The van der Waals surface area contributed by atoms with E-state index in [1.165, 1.54) is 11.8 Å². The molecule has 0 saturated heterocycles. The second-order valence-electron chi connectivity index (χ2n) is 7.72. The summed E-state index contributed by atoms with van der Waals surface area (Å²) in [7, 11) is 3.35. The van der Waals surface area contributed by atoms with Crippen LogP contribution in [0.4, 0.5) is 0 Å². The SMILES string of the molecule is CCO[C@@H]1OC(C(=O)N(C)C)=C[C@H](c2cn(C(C)=O)c3ccccc23)[C@H]1CCCO. The molecule has 2 aromatic rings. The third-order valence-electron chi connectivity index (χ3n) is 5.47. The number of fused-ring (bicyclic) bond motifs is 1. The molecule has 0 bridgehead atoms. The maximum Gasteiger partial charge on any atom is 0.288 e. The molecule has 2 heterocycles. The highest BCUT2D eigenvalue weighted by Gasteiger charge is 2.39. The van der Waals surface area contributed by atoms with E-state index >= 15 is 0 Å². The summed E-state index contributed by atoms with van der Waals surface area (Å²) in [6.45, 7) is 3.91. The molecule has 0 fully saturated rings. The van der Waals surface area contributed by atoms with Crippen LogP contribution in [0.15, 0.2) is 42.3 Å². The number of benzene rings is 1. The van der Waals surface area contributed by atoms with Gasteiger partial charge in [0.05, 0.1) is 5.52 Å². The summed E-state index contributed by atoms with van der Waals surface area (Å²) in [5.41, 5.74) is 1.77. The predicted octanol–water partition coefficient (Wildman–Crippen LogP) is 3.14. The molecule has 7 nitrogen and oxygen atoms in total. The molecule has 1 aromatic carbocycles. The van der Waals surface area contributed by atoms with Crippen LogP contribution in [0, 0.1) is 5.92 Å². The van der Waals surface area contributed by atoms with Crippen molar-refractivity contribution in [2.75, 3.05) is 27.3 Å². The molecule has 0 radical (unpaired) electrons. The van der Waals surface area contributed by atoms with Gasteiger partial charge in [-0.15, -0.1) is 0 Å². The average molecular weight is 415 g/mol. The Morgan fingerprint density at radius 2 is 2.00 bits per heavy atom. The van der Waals surface area contributed by atoms with Crippen molar-refractivity contribution < 1.29 is 24.2 Å². The van der Waals surface area contributed by atoms with Gasteiger partial charge in [-0.05, 0) is 37.5 Å². The first-order chi connectivity index (χ1) is 14.4. The Morgan fingerprint density at radius 1 is 1.27 bits per heavy atom. The number of para-hydroxylation sites is 1. The van der Waals surface area contributed by atoms with Crippen LogP contribution < -0.4 is 0 Å². The Bertz CT molecular complexity index is 946. The quantitative estimate of drug-likeness (QED) is 0.753. The summed E-state index contributed by atoms with van der Waals surface area (Å²) < 4.78 is 13.5. The highest BCUT2D eigenvalue weighted by atomic mass is 16.7. The van der Waals surface area contributed by atoms with Gasteiger partial charge in [0.2, 0.25) is 12.2 Å². The van der Waals surface area contributed by atoms with Crippen molar-refractivity contribution >= 4 is 22.7 Å². The monoisotopic (exact) mass is 414 g/mol. The van der Waals surface area contributed by atoms with Crippen molar-refractivity contribution in [1.82, 2.24) is 9.47 Å². The summed E-state index contributed by atoms with van der Waals surface area (Å²) in [5.74, 6) is -0.386. The molecule has 3 atom stereocenters. The number of hydrogen-bond acceptors (Lipinski definition) is 5. The molecule has 162 valence electrons. The Labute approximate surface area is 176 Å². The largest absolute Gasteiger partial charge is 0.459 e. The first-order valence-electron chi connectivity index (χ1n) is 10.3. The van der Waals surface area contributed by atoms with E-state index < -0.39 is 6.29 Å². The molecule has 0 saturated carbocycles. The lowest BCUT2D eigenvalue weighted by Gasteiger charge is -2.37. The maximum absolute atomic E-state index is 12.7. The van der Waals surface area contributed by atoms with Crippen LogP contribution in [-0.4, -0.2) is 60.0 Å². The van der Waals surface area contributed by atoms with E-state index in [1.807, 2.05) is 43.5 Å². The first-order valence-corrected chi connectivity index (χ1v) is 10.3. The number of aliphatic hydroxyl groups excluding tert-OH is 1. The summed E-state index contributed by atoms with van der Waals surface area (Å²) in [4.78, 5) is 26.4. The fourth-order valence-electron chi connectivity index (χ4n) is 4.07. The molecular formula is C23H30N2O5. The zero-order chi connectivity index (χ0) is 21.8. The standard InChI is InChI=1S/C23H30N2O5/c1-5-29-23-17(10-8-12-26)18(13-21(30-23)22(28)24(3)4)19-14-25(15(2)27)20-11-7-6-9-16(19)20/h6-7,9,11,13-14,17-18,23,26H,5,8,10,12H2,1-4H3/t17-,18+,23-/m1/s1. The molecule has 1 N–H and O–H groups in total. The molecule has 1 aliphatic heterocycles. The Hall–Kier alpha value is -2.64. The minimum absolute atomic E-state index is 0.0600. The van der Waals surface area contributed by atoms with Crippen LogP contribution in [0.25, 0.3) is 10.9 Å². The highest BCUT2D eigenvalue weighted by molar-refractivity contribution is 5.95. The van der Waals surface area contributed by atoms with E-state index in [-0.39, 0.29) is 36.0 Å². The normalized spacial score (nSPS) is 21.2. The van der Waals surface area contributed by atoms with Gasteiger partial charge in [0, 0.05) is 57.7 Å². The predicted molar refractivity (Wildman–Crippen MR) is 114 cm³/mol. The van der Waals surface area contributed by atoms with Crippen molar-refractivity contribution in [3.05, 3.63) is 47.9 Å². The van der Waals surface area contributed by atoms with Crippen molar-refractivity contribution in [2.24, 2.45) is 5.92 Å². The topological polar surface area (TPSA) is 81.0 Å². The first kappa shape index (κ1) is 22.1. The van der Waals surface area contributed by atoms with Gasteiger partial charge >= 0.3 is 0 Å². The smallest absolute Gasteiger partial charge is 0.288 e. The molecule has 3 rings (SSSR count). The van der Waals surface area contributed by atoms with E-state index in [0.29, 0.717) is 19.4 Å². The van der Waals surface area contributed by atoms with E-state index in [0.717, 1.165) is 16.5 Å². The van der Waals surface area contributed by atoms with Gasteiger partial charge in [-0.2, -0.15) is 0 Å². The number of carbonyl (C=O) groups excluding carboxylic acids is 2. The van der Waals surface area contributed by atoms with Crippen LogP contribution in [-0.2, 0) is 14.3 Å². The fourth-order valence-corrected chi connectivity index (χ4v) is 4.07. The molecule has 30 heavy (non-hydrogen) atoms. The highest BCUT2D eigenvalue weighted by Crippen LogP contribution is 2.42. The van der Waals surface area contributed by atoms with Gasteiger partial charge in [-0.3, -0.25) is 14.2 Å². The number of nitrogens with zero attached hydrogens (tertiary/aromatic N) is 2. The van der Waals surface area contributed by atoms with Crippen LogP contribution in [0.2, 0.25) is 0 Å². The van der Waals surface area contributed by atoms with Crippen molar-refractivity contribution in [1.29, 1.82) is 0 Å². The number of allylic oxidation sites excluding steroid dienone is 1.